The molecule has 1 rings (SSSR count). The van der Waals surface area contributed by atoms with E-state index in [2.05, 4.69) is 10.3 Å². The van der Waals surface area contributed by atoms with Crippen LogP contribution in [0.15, 0.2) is 11.7 Å². The van der Waals surface area contributed by atoms with Crippen molar-refractivity contribution in [3.63, 3.8) is 0 Å². The number of carboxylic acid groups (broad SMARTS) is 1. The van der Waals surface area contributed by atoms with Crippen LogP contribution in [0.25, 0.3) is 0 Å². The summed E-state index contributed by atoms with van der Waals surface area (Å²) in [7, 11) is 0. The van der Waals surface area contributed by atoms with Crippen molar-refractivity contribution in [1.29, 1.82) is 0 Å². The van der Waals surface area contributed by atoms with Crippen molar-refractivity contribution >= 4 is 35.0 Å². The summed E-state index contributed by atoms with van der Waals surface area (Å²) in [6.07, 6.45) is 3.73. The lowest BCUT2D eigenvalue weighted by Crippen LogP contribution is -2.40. The van der Waals surface area contributed by atoms with E-state index >= 15 is 0 Å². The Labute approximate surface area is 101 Å². The van der Waals surface area contributed by atoms with Crippen LogP contribution in [-0.2, 0) is 4.79 Å². The number of nitrogens with zero attached hydrogens (tertiary/aromatic N) is 1. The molecule has 1 aromatic heterocycles. The van der Waals surface area contributed by atoms with E-state index in [0.29, 0.717) is 17.1 Å². The molecule has 0 aliphatic carbocycles. The molecule has 1 atom stereocenters. The lowest BCUT2D eigenvalue weighted by atomic mass is 10.2. The van der Waals surface area contributed by atoms with Gasteiger partial charge in [-0.25, -0.2) is 4.79 Å². The number of amides is 1. The highest BCUT2D eigenvalue weighted by Crippen LogP contribution is 2.07. The van der Waals surface area contributed by atoms with Gasteiger partial charge in [-0.2, -0.15) is 11.8 Å². The SMILES string of the molecule is CSCC[C@H](NC(=O)c1cncs1)C(=O)O. The molecule has 0 bridgehead atoms. The summed E-state index contributed by atoms with van der Waals surface area (Å²) in [6, 6.07) is -0.831. The maximum Gasteiger partial charge on any atom is 0.326 e. The predicted molar refractivity (Wildman–Crippen MR) is 64.0 cm³/mol. The number of hydrogen-bond donors (Lipinski definition) is 2. The monoisotopic (exact) mass is 260 g/mol. The van der Waals surface area contributed by atoms with E-state index in [1.54, 1.807) is 11.8 Å². The van der Waals surface area contributed by atoms with Crippen molar-refractivity contribution in [2.24, 2.45) is 0 Å². The van der Waals surface area contributed by atoms with Crippen LogP contribution >= 0.6 is 23.1 Å². The van der Waals surface area contributed by atoms with Crippen molar-refractivity contribution < 1.29 is 14.7 Å². The average molecular weight is 260 g/mol. The average Bonchev–Trinajstić information content (AvgIpc) is 2.76. The molecule has 0 aliphatic heterocycles. The Morgan fingerprint density at radius 2 is 2.44 bits per heavy atom. The number of aromatic nitrogens is 1. The molecule has 7 heteroatoms. The Morgan fingerprint density at radius 1 is 1.69 bits per heavy atom. The highest BCUT2D eigenvalue weighted by molar-refractivity contribution is 7.98. The van der Waals surface area contributed by atoms with Crippen molar-refractivity contribution in [1.82, 2.24) is 10.3 Å². The number of aliphatic carboxylic acids is 1. The van der Waals surface area contributed by atoms with Crippen LogP contribution in [0.1, 0.15) is 16.1 Å². The first-order chi connectivity index (χ1) is 7.65. The standard InChI is InChI=1S/C9H12N2O3S2/c1-15-3-2-6(9(13)14)11-8(12)7-4-10-5-16-7/h4-6H,2-3H2,1H3,(H,11,12)(H,13,14)/t6-/m0/s1. The van der Waals surface area contributed by atoms with Gasteiger partial charge in [0.25, 0.3) is 5.91 Å². The molecule has 0 unspecified atom stereocenters. The van der Waals surface area contributed by atoms with Gasteiger partial charge in [0.05, 0.1) is 11.7 Å². The zero-order chi connectivity index (χ0) is 12.0. The van der Waals surface area contributed by atoms with Gasteiger partial charge in [-0.05, 0) is 18.4 Å². The van der Waals surface area contributed by atoms with Crippen LogP contribution < -0.4 is 5.32 Å². The molecule has 0 radical (unpaired) electrons. The molecular formula is C9H12N2O3S2. The molecule has 88 valence electrons. The summed E-state index contributed by atoms with van der Waals surface area (Å²) in [5.41, 5.74) is 1.53. The smallest absolute Gasteiger partial charge is 0.326 e. The largest absolute Gasteiger partial charge is 0.480 e. The number of thiazole rings is 1. The second kappa shape index (κ2) is 6.49. The molecule has 0 fully saturated rings. The van der Waals surface area contributed by atoms with Crippen LogP contribution in [0.2, 0.25) is 0 Å². The lowest BCUT2D eigenvalue weighted by molar-refractivity contribution is -0.139. The normalized spacial score (nSPS) is 12.1. The van der Waals surface area contributed by atoms with Gasteiger partial charge in [-0.1, -0.05) is 0 Å². The third kappa shape index (κ3) is 3.82. The molecule has 0 aromatic carbocycles. The first-order valence-electron chi connectivity index (χ1n) is 4.56. The second-order valence-electron chi connectivity index (χ2n) is 3.01. The summed E-state index contributed by atoms with van der Waals surface area (Å²) >= 11 is 2.73. The van der Waals surface area contributed by atoms with Crippen LogP contribution in [0.3, 0.4) is 0 Å². The Balaban J connectivity index is 2.54. The number of thioether (sulfide) groups is 1. The summed E-state index contributed by atoms with van der Waals surface area (Å²) in [5.74, 6) is -0.692. The Kier molecular flexibility index (Phi) is 5.27. The minimum Gasteiger partial charge on any atom is -0.480 e. The van der Waals surface area contributed by atoms with Crippen molar-refractivity contribution in [2.75, 3.05) is 12.0 Å². The first kappa shape index (κ1) is 13.0. The lowest BCUT2D eigenvalue weighted by Gasteiger charge is -2.12. The summed E-state index contributed by atoms with van der Waals surface area (Å²) in [5, 5.41) is 11.4. The minimum absolute atomic E-state index is 0.379. The summed E-state index contributed by atoms with van der Waals surface area (Å²) < 4.78 is 0. The third-order valence-corrected chi connectivity index (χ3v) is 3.29. The Bertz CT molecular complexity index is 354. The molecule has 1 amide bonds. The molecule has 5 nitrogen and oxygen atoms in total. The van der Waals surface area contributed by atoms with Crippen LogP contribution in [0.4, 0.5) is 0 Å². The molecule has 0 aliphatic rings. The summed E-state index contributed by atoms with van der Waals surface area (Å²) in [6.45, 7) is 0. The fourth-order valence-corrected chi connectivity index (χ4v) is 2.04. The molecule has 1 heterocycles. The van der Waals surface area contributed by atoms with Crippen molar-refractivity contribution in [3.05, 3.63) is 16.6 Å². The topological polar surface area (TPSA) is 79.3 Å². The van der Waals surface area contributed by atoms with Gasteiger partial charge in [0.15, 0.2) is 0 Å². The first-order valence-corrected chi connectivity index (χ1v) is 6.83. The maximum atomic E-state index is 11.6. The molecule has 16 heavy (non-hydrogen) atoms. The third-order valence-electron chi connectivity index (χ3n) is 1.87. The van der Waals surface area contributed by atoms with E-state index < -0.39 is 12.0 Å². The van der Waals surface area contributed by atoms with Gasteiger partial charge in [0, 0.05) is 0 Å². The van der Waals surface area contributed by atoms with E-state index in [0.717, 1.165) is 0 Å². The van der Waals surface area contributed by atoms with Gasteiger partial charge in [0.1, 0.15) is 10.9 Å². The highest BCUT2D eigenvalue weighted by atomic mass is 32.2. The quantitative estimate of drug-likeness (QED) is 0.800. The zero-order valence-corrected chi connectivity index (χ0v) is 10.3. The van der Waals surface area contributed by atoms with Gasteiger partial charge in [0.2, 0.25) is 0 Å². The van der Waals surface area contributed by atoms with E-state index in [1.165, 1.54) is 23.0 Å². The Morgan fingerprint density at radius 3 is 2.94 bits per heavy atom. The van der Waals surface area contributed by atoms with Gasteiger partial charge in [-0.3, -0.25) is 9.78 Å². The number of rotatable bonds is 6. The molecule has 0 spiro atoms. The Hall–Kier alpha value is -1.08. The second-order valence-corrected chi connectivity index (χ2v) is 4.88. The highest BCUT2D eigenvalue weighted by Gasteiger charge is 2.20. The van der Waals surface area contributed by atoms with Crippen LogP contribution in [0.5, 0.6) is 0 Å². The molecule has 0 saturated heterocycles. The number of carbonyl (C=O) groups is 2. The number of carboxylic acids is 1. The van der Waals surface area contributed by atoms with Crippen LogP contribution in [0, 0.1) is 0 Å². The molecule has 2 N–H and O–H groups in total. The molecule has 0 saturated carbocycles. The van der Waals surface area contributed by atoms with E-state index in [-0.39, 0.29) is 5.91 Å². The number of nitrogens with one attached hydrogen (secondary N) is 1. The number of hydrogen-bond acceptors (Lipinski definition) is 5. The van der Waals surface area contributed by atoms with E-state index in [1.807, 2.05) is 6.26 Å². The fraction of sp³-hybridized carbons (Fsp3) is 0.444. The summed E-state index contributed by atoms with van der Waals surface area (Å²) in [4.78, 5) is 26.6. The van der Waals surface area contributed by atoms with Gasteiger partial charge in [-0.15, -0.1) is 11.3 Å². The molecular weight excluding hydrogens is 248 g/mol. The predicted octanol–water partition coefficient (Wildman–Crippen LogP) is 1.08. The van der Waals surface area contributed by atoms with E-state index in [4.69, 9.17) is 5.11 Å². The zero-order valence-electron chi connectivity index (χ0n) is 8.67. The van der Waals surface area contributed by atoms with Gasteiger partial charge < -0.3 is 10.4 Å². The maximum absolute atomic E-state index is 11.6. The van der Waals surface area contributed by atoms with Crippen LogP contribution in [-0.4, -0.2) is 40.0 Å². The fourth-order valence-electron chi connectivity index (χ4n) is 1.05. The molecule has 1 aromatic rings. The van der Waals surface area contributed by atoms with E-state index in [9.17, 15) is 9.59 Å². The number of carbonyl (C=O) groups excluding carboxylic acids is 1. The minimum atomic E-state index is -1.01. The van der Waals surface area contributed by atoms with Crippen molar-refractivity contribution in [2.45, 2.75) is 12.5 Å². The van der Waals surface area contributed by atoms with Crippen molar-refractivity contribution in [3.8, 4) is 0 Å². The van der Waals surface area contributed by atoms with Gasteiger partial charge >= 0.3 is 5.97 Å².